The smallest absolute Gasteiger partial charge is 0.377 e. The molecule has 30 heavy (non-hydrogen) atoms. The number of rotatable bonds is 17. The summed E-state index contributed by atoms with van der Waals surface area (Å²) in [5.41, 5.74) is 0. The minimum atomic E-state index is -1.42. The van der Waals surface area contributed by atoms with E-state index in [0.29, 0.717) is 0 Å². The number of esters is 2. The van der Waals surface area contributed by atoms with Crippen molar-refractivity contribution in [1.82, 2.24) is 0 Å². The zero-order valence-electron chi connectivity index (χ0n) is 18.1. The van der Waals surface area contributed by atoms with E-state index in [1.807, 2.05) is 0 Å². The third kappa shape index (κ3) is 11.8. The van der Waals surface area contributed by atoms with E-state index in [-0.39, 0.29) is 23.5 Å². The van der Waals surface area contributed by atoms with Crippen molar-refractivity contribution in [2.45, 2.75) is 109 Å². The van der Waals surface area contributed by atoms with Gasteiger partial charge >= 0.3 is 11.9 Å². The molecule has 1 heterocycles. The average molecular weight is 470 g/mol. The van der Waals surface area contributed by atoms with E-state index in [4.69, 9.17) is 4.74 Å². The van der Waals surface area contributed by atoms with Crippen molar-refractivity contribution >= 4 is 11.9 Å². The van der Waals surface area contributed by atoms with Crippen LogP contribution in [0.2, 0.25) is 0 Å². The molecule has 176 valence electrons. The Hall–Kier alpha value is -1.24. The van der Waals surface area contributed by atoms with Gasteiger partial charge in [0, 0.05) is 23.5 Å². The first kappa shape index (κ1) is 28.8. The molecule has 0 unspecified atom stereocenters. The van der Waals surface area contributed by atoms with E-state index < -0.39 is 42.3 Å². The molecule has 8 heteroatoms. The monoisotopic (exact) mass is 470 g/mol. The molecule has 0 spiro atoms. The van der Waals surface area contributed by atoms with E-state index in [1.54, 1.807) is 0 Å². The van der Waals surface area contributed by atoms with Crippen molar-refractivity contribution in [3.63, 3.8) is 0 Å². The van der Waals surface area contributed by atoms with Crippen molar-refractivity contribution in [3.8, 4) is 0 Å². The van der Waals surface area contributed by atoms with Gasteiger partial charge in [-0.3, -0.25) is 4.79 Å². The molecule has 0 bridgehead atoms. The summed E-state index contributed by atoms with van der Waals surface area (Å²) in [5.74, 6) is -3.21. The van der Waals surface area contributed by atoms with Crippen LogP contribution in [-0.4, -0.2) is 46.1 Å². The predicted molar refractivity (Wildman–Crippen MR) is 109 cm³/mol. The summed E-state index contributed by atoms with van der Waals surface area (Å²) >= 11 is 0. The molecule has 1 aliphatic rings. The van der Waals surface area contributed by atoms with Crippen LogP contribution in [0.5, 0.6) is 0 Å². The Bertz CT molecular complexity index is 522. The molecule has 0 aromatic carbocycles. The SMILES string of the molecule is CCCCCCCCCCCCCCCC(=O)OC[C@H](O)[C@H]1OC(=O)C(O)=C1O.[Fe]. The minimum absolute atomic E-state index is 0. The molecular weight excluding hydrogens is 432 g/mol. The Labute approximate surface area is 190 Å². The van der Waals surface area contributed by atoms with Gasteiger partial charge in [-0.25, -0.2) is 4.79 Å². The van der Waals surface area contributed by atoms with Crippen molar-refractivity contribution in [1.29, 1.82) is 0 Å². The zero-order chi connectivity index (χ0) is 21.5. The summed E-state index contributed by atoms with van der Waals surface area (Å²) in [7, 11) is 0. The van der Waals surface area contributed by atoms with Gasteiger partial charge in [0.2, 0.25) is 5.76 Å². The summed E-state index contributed by atoms with van der Waals surface area (Å²) in [6, 6.07) is 0. The maximum Gasteiger partial charge on any atom is 0.377 e. The molecule has 0 radical (unpaired) electrons. The second kappa shape index (κ2) is 17.4. The summed E-state index contributed by atoms with van der Waals surface area (Å²) in [5, 5.41) is 28.5. The van der Waals surface area contributed by atoms with Crippen LogP contribution in [0, 0.1) is 0 Å². The fraction of sp³-hybridized carbons (Fsp3) is 0.818. The van der Waals surface area contributed by atoms with Crippen LogP contribution in [0.4, 0.5) is 0 Å². The van der Waals surface area contributed by atoms with Crippen molar-refractivity contribution < 1.29 is 51.5 Å². The van der Waals surface area contributed by atoms with Crippen molar-refractivity contribution in [2.24, 2.45) is 0 Å². The topological polar surface area (TPSA) is 113 Å². The van der Waals surface area contributed by atoms with Crippen LogP contribution in [-0.2, 0) is 36.1 Å². The van der Waals surface area contributed by atoms with E-state index >= 15 is 0 Å². The van der Waals surface area contributed by atoms with Gasteiger partial charge < -0.3 is 24.8 Å². The minimum Gasteiger partial charge on any atom is -0.505 e. The van der Waals surface area contributed by atoms with E-state index in [0.717, 1.165) is 19.3 Å². The second-order valence-corrected chi connectivity index (χ2v) is 7.80. The molecule has 2 atom stereocenters. The normalized spacial score (nSPS) is 16.9. The first-order chi connectivity index (χ1) is 14.0. The maximum atomic E-state index is 11.7. The molecular formula is C22H38FeO7. The summed E-state index contributed by atoms with van der Waals surface area (Å²) in [4.78, 5) is 22.8. The fourth-order valence-electron chi connectivity index (χ4n) is 3.35. The molecule has 0 saturated carbocycles. The van der Waals surface area contributed by atoms with Crippen LogP contribution in [0.1, 0.15) is 96.8 Å². The summed E-state index contributed by atoms with van der Waals surface area (Å²) in [6.07, 6.45) is 13.4. The molecule has 0 aromatic heterocycles. The molecule has 1 aliphatic heterocycles. The molecule has 0 aromatic rings. The van der Waals surface area contributed by atoms with E-state index in [2.05, 4.69) is 11.7 Å². The number of hydrogen-bond donors (Lipinski definition) is 3. The standard InChI is InChI=1S/C22H38O7.Fe/c1-2-3-4-5-6-7-8-9-10-11-12-13-14-15-18(24)28-16-17(23)21-19(25)20(26)22(27)29-21;/h17,21,23,25-26H,2-16H2,1H3;/t17-,21+;/m0./s1. The quantitative estimate of drug-likeness (QED) is 0.161. The summed E-state index contributed by atoms with van der Waals surface area (Å²) < 4.78 is 9.55. The number of ether oxygens (including phenoxy) is 2. The second-order valence-electron chi connectivity index (χ2n) is 7.80. The van der Waals surface area contributed by atoms with Gasteiger partial charge in [-0.15, -0.1) is 0 Å². The Morgan fingerprint density at radius 2 is 1.40 bits per heavy atom. The third-order valence-corrected chi connectivity index (χ3v) is 5.19. The van der Waals surface area contributed by atoms with E-state index in [9.17, 15) is 24.9 Å². The van der Waals surface area contributed by atoms with Crippen LogP contribution >= 0.6 is 0 Å². The van der Waals surface area contributed by atoms with Gasteiger partial charge in [0.25, 0.3) is 0 Å². The van der Waals surface area contributed by atoms with E-state index in [1.165, 1.54) is 64.2 Å². The maximum absolute atomic E-state index is 11.7. The van der Waals surface area contributed by atoms with Crippen LogP contribution < -0.4 is 0 Å². The van der Waals surface area contributed by atoms with Crippen molar-refractivity contribution in [3.05, 3.63) is 11.5 Å². The van der Waals surface area contributed by atoms with Crippen LogP contribution in [0.25, 0.3) is 0 Å². The zero-order valence-corrected chi connectivity index (χ0v) is 19.2. The molecule has 0 aliphatic carbocycles. The van der Waals surface area contributed by atoms with Gasteiger partial charge in [-0.1, -0.05) is 84.0 Å². The third-order valence-electron chi connectivity index (χ3n) is 5.19. The number of hydrogen-bond acceptors (Lipinski definition) is 7. The molecule has 0 saturated heterocycles. The largest absolute Gasteiger partial charge is 0.505 e. The Balaban J connectivity index is 0.00000841. The molecule has 7 nitrogen and oxygen atoms in total. The fourth-order valence-corrected chi connectivity index (χ4v) is 3.35. The Kier molecular flexibility index (Phi) is 16.7. The Morgan fingerprint density at radius 3 is 1.83 bits per heavy atom. The first-order valence-electron chi connectivity index (χ1n) is 11.1. The molecule has 0 fully saturated rings. The Morgan fingerprint density at radius 1 is 0.933 bits per heavy atom. The number of unbranched alkanes of at least 4 members (excludes halogenated alkanes) is 12. The number of carbonyl (C=O) groups is 2. The first-order valence-corrected chi connectivity index (χ1v) is 11.1. The number of aliphatic hydroxyl groups is 3. The summed E-state index contributed by atoms with van der Waals surface area (Å²) in [6.45, 7) is 1.83. The van der Waals surface area contributed by atoms with Crippen LogP contribution in [0.15, 0.2) is 11.5 Å². The number of aliphatic hydroxyl groups excluding tert-OH is 3. The van der Waals surface area contributed by atoms with Crippen molar-refractivity contribution in [2.75, 3.05) is 6.61 Å². The number of carbonyl (C=O) groups excluding carboxylic acids is 2. The molecule has 0 amide bonds. The molecule has 3 N–H and O–H groups in total. The van der Waals surface area contributed by atoms with Crippen LogP contribution in [0.3, 0.4) is 0 Å². The molecule has 1 rings (SSSR count). The van der Waals surface area contributed by atoms with Gasteiger partial charge in [0.1, 0.15) is 12.7 Å². The average Bonchev–Trinajstić information content (AvgIpc) is 2.97. The predicted octanol–water partition coefficient (Wildman–Crippen LogP) is 4.62. The van der Waals surface area contributed by atoms with Gasteiger partial charge in [0.15, 0.2) is 11.9 Å². The van der Waals surface area contributed by atoms with Gasteiger partial charge in [-0.2, -0.15) is 0 Å². The number of cyclic esters (lactones) is 1. The van der Waals surface area contributed by atoms with Gasteiger partial charge in [-0.05, 0) is 6.42 Å². The van der Waals surface area contributed by atoms with Gasteiger partial charge in [0.05, 0.1) is 0 Å².